The third kappa shape index (κ3) is 5.02. The van der Waals surface area contributed by atoms with Crippen molar-refractivity contribution in [2.75, 3.05) is 11.4 Å². The van der Waals surface area contributed by atoms with Crippen molar-refractivity contribution in [2.45, 2.75) is 30.1 Å². The summed E-state index contributed by atoms with van der Waals surface area (Å²) in [5.74, 6) is 0.959. The molecule has 198 valence electrons. The fourth-order valence-electron chi connectivity index (χ4n) is 4.62. The lowest BCUT2D eigenvalue weighted by atomic mass is 10.1. The number of aromatic nitrogens is 4. The summed E-state index contributed by atoms with van der Waals surface area (Å²) >= 11 is 7.80. The highest BCUT2D eigenvalue weighted by molar-refractivity contribution is 7.98. The Kier molecular flexibility index (Phi) is 6.60. The van der Waals surface area contributed by atoms with Crippen LogP contribution < -0.4 is 10.5 Å². The predicted octanol–water partition coefficient (Wildman–Crippen LogP) is 6.64. The van der Waals surface area contributed by atoms with E-state index in [4.69, 9.17) is 16.6 Å². The van der Waals surface area contributed by atoms with E-state index in [2.05, 4.69) is 9.97 Å². The lowest BCUT2D eigenvalue weighted by Gasteiger charge is -2.28. The molecular weight excluding hydrogens is 547 g/mol. The van der Waals surface area contributed by atoms with Crippen LogP contribution in [0.4, 0.5) is 19.1 Å². The molecule has 0 unspecified atom stereocenters. The highest BCUT2D eigenvalue weighted by atomic mass is 35.5. The van der Waals surface area contributed by atoms with Crippen molar-refractivity contribution in [1.29, 1.82) is 0 Å². The summed E-state index contributed by atoms with van der Waals surface area (Å²) in [6.45, 7) is 0.741. The molecule has 5 aromatic rings. The van der Waals surface area contributed by atoms with Crippen molar-refractivity contribution in [3.05, 3.63) is 111 Å². The third-order valence-corrected chi connectivity index (χ3v) is 7.98. The normalized spacial score (nSPS) is 13.6. The number of hydrogen-bond acceptors (Lipinski definition) is 5. The summed E-state index contributed by atoms with van der Waals surface area (Å²) in [4.78, 5) is 28.2. The molecule has 11 heteroatoms. The number of aromatic amines is 1. The Labute approximate surface area is 230 Å². The molecule has 0 bridgehead atoms. The number of fused-ring (bicyclic) bond motifs is 2. The van der Waals surface area contributed by atoms with Crippen LogP contribution in [0.3, 0.4) is 0 Å². The van der Waals surface area contributed by atoms with Crippen molar-refractivity contribution >= 4 is 40.3 Å². The zero-order valence-electron chi connectivity index (χ0n) is 20.4. The van der Waals surface area contributed by atoms with Crippen molar-refractivity contribution in [2.24, 2.45) is 0 Å². The van der Waals surface area contributed by atoms with Gasteiger partial charge in [0.05, 0.1) is 40.1 Å². The van der Waals surface area contributed by atoms with Gasteiger partial charge in [-0.25, -0.2) is 9.97 Å². The first kappa shape index (κ1) is 25.5. The van der Waals surface area contributed by atoms with Gasteiger partial charge in [0.2, 0.25) is 5.95 Å². The minimum atomic E-state index is -4.45. The van der Waals surface area contributed by atoms with Crippen molar-refractivity contribution in [3.63, 3.8) is 0 Å². The molecule has 0 spiro atoms. The van der Waals surface area contributed by atoms with E-state index in [1.165, 1.54) is 17.8 Å². The molecule has 1 aliphatic rings. The van der Waals surface area contributed by atoms with E-state index < -0.39 is 11.7 Å². The molecule has 6 rings (SSSR count). The van der Waals surface area contributed by atoms with Gasteiger partial charge in [0.1, 0.15) is 0 Å². The van der Waals surface area contributed by atoms with Gasteiger partial charge in [-0.3, -0.25) is 9.36 Å². The number of thioether (sulfide) groups is 1. The quantitative estimate of drug-likeness (QED) is 0.191. The number of benzene rings is 3. The highest BCUT2D eigenvalue weighted by Crippen LogP contribution is 2.33. The number of alkyl halides is 3. The zero-order valence-corrected chi connectivity index (χ0v) is 21.9. The molecule has 3 aromatic carbocycles. The molecular formula is C28H21ClF3N5OS. The van der Waals surface area contributed by atoms with Gasteiger partial charge in [0, 0.05) is 23.7 Å². The Morgan fingerprint density at radius 1 is 1.00 bits per heavy atom. The first-order valence-electron chi connectivity index (χ1n) is 12.2. The largest absolute Gasteiger partial charge is 0.416 e. The molecule has 0 aliphatic carbocycles. The number of nitrogens with zero attached hydrogens (tertiary/aromatic N) is 4. The average molecular weight is 568 g/mol. The zero-order chi connectivity index (χ0) is 27.1. The Morgan fingerprint density at radius 2 is 1.77 bits per heavy atom. The summed E-state index contributed by atoms with van der Waals surface area (Å²) in [7, 11) is 0. The predicted molar refractivity (Wildman–Crippen MR) is 147 cm³/mol. The summed E-state index contributed by atoms with van der Waals surface area (Å²) in [5, 5.41) is 1.22. The maximum Gasteiger partial charge on any atom is 0.416 e. The van der Waals surface area contributed by atoms with Crippen LogP contribution >= 0.6 is 23.4 Å². The molecule has 2 aromatic heterocycles. The van der Waals surface area contributed by atoms with Gasteiger partial charge < -0.3 is 9.88 Å². The van der Waals surface area contributed by atoms with E-state index in [1.807, 2.05) is 59.5 Å². The highest BCUT2D eigenvalue weighted by Gasteiger charge is 2.31. The fourth-order valence-corrected chi connectivity index (χ4v) is 5.93. The van der Waals surface area contributed by atoms with Crippen molar-refractivity contribution in [1.82, 2.24) is 19.5 Å². The van der Waals surface area contributed by atoms with Gasteiger partial charge >= 0.3 is 6.18 Å². The second-order valence-electron chi connectivity index (χ2n) is 9.14. The SMILES string of the molecule is O=c1c2c(nc(SCc3ccccc3Cl)n1-c1ccccc1)CCN(c1nc3ccc(C(F)(F)F)cc3[nH]1)C2. The van der Waals surface area contributed by atoms with Crippen LogP contribution in [0.1, 0.15) is 22.4 Å². The van der Waals surface area contributed by atoms with Crippen LogP contribution in [0.5, 0.6) is 0 Å². The van der Waals surface area contributed by atoms with Crippen LogP contribution in [0.25, 0.3) is 16.7 Å². The second-order valence-corrected chi connectivity index (χ2v) is 10.5. The smallest absolute Gasteiger partial charge is 0.337 e. The maximum absolute atomic E-state index is 13.9. The molecule has 0 saturated carbocycles. The molecule has 0 saturated heterocycles. The summed E-state index contributed by atoms with van der Waals surface area (Å²) < 4.78 is 41.1. The minimum Gasteiger partial charge on any atom is -0.337 e. The van der Waals surface area contributed by atoms with E-state index in [1.54, 1.807) is 4.57 Å². The molecule has 6 nitrogen and oxygen atoms in total. The average Bonchev–Trinajstić information content (AvgIpc) is 3.36. The van der Waals surface area contributed by atoms with Gasteiger partial charge in [-0.05, 0) is 42.0 Å². The number of imidazole rings is 1. The van der Waals surface area contributed by atoms with Crippen LogP contribution in [0.15, 0.2) is 82.7 Å². The molecule has 0 fully saturated rings. The van der Waals surface area contributed by atoms with Gasteiger partial charge in [-0.15, -0.1) is 0 Å². The number of hydrogen-bond donors (Lipinski definition) is 1. The second kappa shape index (κ2) is 10.1. The summed E-state index contributed by atoms with van der Waals surface area (Å²) in [6.07, 6.45) is -3.95. The molecule has 0 radical (unpaired) electrons. The Hall–Kier alpha value is -3.76. The maximum atomic E-state index is 13.9. The Bertz CT molecular complexity index is 1740. The monoisotopic (exact) mass is 567 g/mol. The first-order chi connectivity index (χ1) is 18.8. The standard InChI is InChI=1S/C28H21ClF3N5OS/c29-21-9-5-4-6-17(21)16-39-27-35-22-12-13-36(15-20(22)25(38)37(27)19-7-2-1-3-8-19)26-33-23-11-10-18(28(30,31)32)14-24(23)34-26/h1-11,14H,12-13,15-16H2,(H,33,34). The van der Waals surface area contributed by atoms with E-state index in [0.29, 0.717) is 57.3 Å². The van der Waals surface area contributed by atoms with Gasteiger partial charge in [-0.1, -0.05) is 59.8 Å². The summed E-state index contributed by atoms with van der Waals surface area (Å²) in [6, 6.07) is 20.3. The lowest BCUT2D eigenvalue weighted by Crippen LogP contribution is -2.38. The number of anilines is 1. The van der Waals surface area contributed by atoms with Gasteiger partial charge in [-0.2, -0.15) is 13.2 Å². The number of nitrogens with one attached hydrogen (secondary N) is 1. The first-order valence-corrected chi connectivity index (χ1v) is 13.5. The van der Waals surface area contributed by atoms with Gasteiger partial charge in [0.15, 0.2) is 5.16 Å². The van der Waals surface area contributed by atoms with Crippen LogP contribution in [0, 0.1) is 0 Å². The third-order valence-electron chi connectivity index (χ3n) is 6.62. The molecule has 0 atom stereocenters. The number of halogens is 4. The van der Waals surface area contributed by atoms with Crippen LogP contribution in [-0.4, -0.2) is 26.1 Å². The number of para-hydroxylation sites is 1. The Balaban J connectivity index is 1.36. The fraction of sp³-hybridized carbons (Fsp3) is 0.179. The molecule has 0 amide bonds. The van der Waals surface area contributed by atoms with E-state index in [-0.39, 0.29) is 17.6 Å². The molecule has 1 aliphatic heterocycles. The number of H-pyrrole nitrogens is 1. The minimum absolute atomic E-state index is 0.187. The van der Waals surface area contributed by atoms with E-state index in [0.717, 1.165) is 17.7 Å². The molecule has 1 N–H and O–H groups in total. The van der Waals surface area contributed by atoms with Gasteiger partial charge in [0.25, 0.3) is 5.56 Å². The van der Waals surface area contributed by atoms with Crippen molar-refractivity contribution in [3.8, 4) is 5.69 Å². The topological polar surface area (TPSA) is 66.8 Å². The number of rotatable bonds is 5. The van der Waals surface area contributed by atoms with E-state index >= 15 is 0 Å². The Morgan fingerprint density at radius 3 is 2.54 bits per heavy atom. The molecule has 3 heterocycles. The summed E-state index contributed by atoms with van der Waals surface area (Å²) in [5.41, 5.74) is 2.66. The molecule has 39 heavy (non-hydrogen) atoms. The lowest BCUT2D eigenvalue weighted by molar-refractivity contribution is -0.137. The van der Waals surface area contributed by atoms with Crippen molar-refractivity contribution < 1.29 is 13.2 Å². The van der Waals surface area contributed by atoms with Crippen LogP contribution in [0.2, 0.25) is 5.02 Å². The van der Waals surface area contributed by atoms with Crippen LogP contribution in [-0.2, 0) is 24.9 Å². The van der Waals surface area contributed by atoms with E-state index in [9.17, 15) is 18.0 Å².